The molecule has 7 heterocycles. The van der Waals surface area contributed by atoms with E-state index in [1.54, 1.807) is 28.7 Å². The lowest BCUT2D eigenvalue weighted by atomic mass is 10.3. The van der Waals surface area contributed by atoms with Crippen molar-refractivity contribution >= 4 is 89.5 Å². The van der Waals surface area contributed by atoms with Gasteiger partial charge in [0.25, 0.3) is 10.1 Å². The monoisotopic (exact) mass is 698 g/mol. The Morgan fingerprint density at radius 1 is 0.429 bits per heavy atom. The largest absolute Gasteiger partial charge is 0.285 e. The third-order valence-electron chi connectivity index (χ3n) is 6.48. The van der Waals surface area contributed by atoms with E-state index in [1.807, 2.05) is 51.4 Å². The number of hydrogen-bond acceptors (Lipinski definition) is 9. The summed E-state index contributed by atoms with van der Waals surface area (Å²) >= 11 is 12.3. The van der Waals surface area contributed by atoms with E-state index in [2.05, 4.69) is 79.7 Å². The van der Waals surface area contributed by atoms with Crippen LogP contribution >= 0.6 is 79.4 Å². The van der Waals surface area contributed by atoms with Gasteiger partial charge in [-0.2, -0.15) is 8.42 Å². The van der Waals surface area contributed by atoms with Crippen molar-refractivity contribution in [2.75, 3.05) is 0 Å². The van der Waals surface area contributed by atoms with Gasteiger partial charge in [-0.15, -0.1) is 79.4 Å². The standard InChI is InChI=1S/C31H22O3S8/c1-2-18-3-5-20(35-18)22-7-9-24(37-22)26-11-13-28(39-26)30-15-16-31(41-30)29-14-12-27(40-29)25-10-8-23(38-25)21-6-4-19(36-21)17-42(32,33)34/h3-16H,2,17H2,1H3,(H,32,33,34). The van der Waals surface area contributed by atoms with Gasteiger partial charge in [-0.05, 0) is 91.3 Å². The van der Waals surface area contributed by atoms with Gasteiger partial charge in [-0.1, -0.05) is 6.92 Å². The molecule has 0 fully saturated rings. The molecule has 7 aromatic rings. The van der Waals surface area contributed by atoms with E-state index < -0.39 is 10.1 Å². The van der Waals surface area contributed by atoms with Gasteiger partial charge in [0.05, 0.1) is 0 Å². The summed E-state index contributed by atoms with van der Waals surface area (Å²) in [4.78, 5) is 17.0. The summed E-state index contributed by atoms with van der Waals surface area (Å²) in [6.45, 7) is 2.21. The Hall–Kier alpha value is -2.19. The molecule has 0 aliphatic heterocycles. The zero-order chi connectivity index (χ0) is 28.8. The van der Waals surface area contributed by atoms with Crippen LogP contribution in [0.1, 0.15) is 16.7 Å². The van der Waals surface area contributed by atoms with Crippen LogP contribution in [0.2, 0.25) is 0 Å². The van der Waals surface area contributed by atoms with Crippen molar-refractivity contribution in [3.05, 3.63) is 94.7 Å². The summed E-state index contributed by atoms with van der Waals surface area (Å²) in [5, 5.41) is 0. The molecule has 42 heavy (non-hydrogen) atoms. The maximum Gasteiger partial charge on any atom is 0.269 e. The molecule has 11 heteroatoms. The van der Waals surface area contributed by atoms with Gasteiger partial charge in [0.1, 0.15) is 5.75 Å². The summed E-state index contributed by atoms with van der Waals surface area (Å²) in [5.74, 6) is -0.343. The molecule has 1 N–H and O–H groups in total. The minimum atomic E-state index is -4.03. The molecule has 0 unspecified atom stereocenters. The molecule has 7 aromatic heterocycles. The van der Waals surface area contributed by atoms with Crippen LogP contribution in [-0.4, -0.2) is 13.0 Å². The second-order valence-electron chi connectivity index (χ2n) is 9.43. The predicted molar refractivity (Wildman–Crippen MR) is 189 cm³/mol. The number of hydrogen-bond donors (Lipinski definition) is 1. The molecule has 0 saturated carbocycles. The summed E-state index contributed by atoms with van der Waals surface area (Å²) in [6, 6.07) is 30.2. The highest BCUT2D eigenvalue weighted by Gasteiger charge is 2.15. The van der Waals surface area contributed by atoms with Gasteiger partial charge in [-0.25, -0.2) is 0 Å². The normalized spacial score (nSPS) is 12.0. The van der Waals surface area contributed by atoms with Crippen molar-refractivity contribution in [1.29, 1.82) is 0 Å². The van der Waals surface area contributed by atoms with Gasteiger partial charge < -0.3 is 0 Å². The van der Waals surface area contributed by atoms with E-state index in [9.17, 15) is 8.42 Å². The molecule has 0 aliphatic rings. The fraction of sp³-hybridized carbons (Fsp3) is 0.0968. The molecule has 0 amide bonds. The first-order valence-electron chi connectivity index (χ1n) is 13.0. The van der Waals surface area contributed by atoms with Crippen LogP contribution in [0, 0.1) is 0 Å². The molecular weight excluding hydrogens is 677 g/mol. The zero-order valence-corrected chi connectivity index (χ0v) is 28.6. The Bertz CT molecular complexity index is 2100. The van der Waals surface area contributed by atoms with E-state index in [-0.39, 0.29) is 5.75 Å². The molecule has 0 saturated heterocycles. The lowest BCUT2D eigenvalue weighted by molar-refractivity contribution is 0.482. The van der Waals surface area contributed by atoms with Crippen molar-refractivity contribution in [2.45, 2.75) is 19.1 Å². The minimum absolute atomic E-state index is 0.343. The SMILES string of the molecule is CCc1ccc(-c2ccc(-c3ccc(-c4ccc(-c5ccc(-c6ccc(-c7ccc(CS(=O)(=O)O)s7)s6)s5)s4)s3)s2)s1. The van der Waals surface area contributed by atoms with E-state index >= 15 is 0 Å². The third-order valence-corrected chi connectivity index (χ3v) is 16.3. The van der Waals surface area contributed by atoms with Crippen molar-refractivity contribution < 1.29 is 13.0 Å². The van der Waals surface area contributed by atoms with Crippen LogP contribution in [0.5, 0.6) is 0 Å². The molecule has 0 atom stereocenters. The maximum atomic E-state index is 11.2. The minimum Gasteiger partial charge on any atom is -0.285 e. The Morgan fingerprint density at radius 3 is 0.929 bits per heavy atom. The van der Waals surface area contributed by atoms with Crippen molar-refractivity contribution in [1.82, 2.24) is 0 Å². The molecule has 7 rings (SSSR count). The Labute approximate surface area is 272 Å². The van der Waals surface area contributed by atoms with Gasteiger partial charge in [0, 0.05) is 68.3 Å². The molecule has 0 aromatic carbocycles. The number of rotatable bonds is 9. The summed E-state index contributed by atoms with van der Waals surface area (Å²) in [5.41, 5.74) is 0. The third kappa shape index (κ3) is 6.08. The first kappa shape index (κ1) is 28.6. The molecule has 0 aliphatic carbocycles. The molecule has 212 valence electrons. The second-order valence-corrected chi connectivity index (χ2v) is 18.6. The molecule has 3 nitrogen and oxygen atoms in total. The van der Waals surface area contributed by atoms with Crippen molar-refractivity contribution in [3.8, 4) is 58.5 Å². The smallest absolute Gasteiger partial charge is 0.269 e. The lowest BCUT2D eigenvalue weighted by Gasteiger charge is -1.93. The highest BCUT2D eigenvalue weighted by molar-refractivity contribution is 7.85. The highest BCUT2D eigenvalue weighted by atomic mass is 32.2. The van der Waals surface area contributed by atoms with Crippen molar-refractivity contribution in [2.24, 2.45) is 0 Å². The fourth-order valence-corrected chi connectivity index (χ4v) is 12.9. The Balaban J connectivity index is 1.06. The van der Waals surface area contributed by atoms with E-state index in [0.717, 1.165) is 16.2 Å². The number of thiophene rings is 7. The quantitative estimate of drug-likeness (QED) is 0.153. The predicted octanol–water partition coefficient (Wildman–Crippen LogP) is 12.1. The molecule has 0 spiro atoms. The fourth-order valence-electron chi connectivity index (χ4n) is 4.48. The van der Waals surface area contributed by atoms with Crippen LogP contribution in [0.4, 0.5) is 0 Å². The van der Waals surface area contributed by atoms with Crippen LogP contribution in [0.15, 0.2) is 84.9 Å². The van der Waals surface area contributed by atoms with E-state index in [4.69, 9.17) is 4.55 Å². The Kier molecular flexibility index (Phi) is 7.97. The molecular formula is C31H22O3S8. The summed E-state index contributed by atoms with van der Waals surface area (Å²) in [6.07, 6.45) is 1.09. The molecule has 0 bridgehead atoms. The van der Waals surface area contributed by atoms with Gasteiger partial charge in [0.15, 0.2) is 0 Å². The first-order valence-corrected chi connectivity index (χ1v) is 20.3. The highest BCUT2D eigenvalue weighted by Crippen LogP contribution is 2.46. The van der Waals surface area contributed by atoms with Crippen LogP contribution < -0.4 is 0 Å². The Morgan fingerprint density at radius 2 is 0.667 bits per heavy atom. The zero-order valence-electron chi connectivity index (χ0n) is 22.0. The average Bonchev–Trinajstić information content (AvgIpc) is 3.79. The van der Waals surface area contributed by atoms with Crippen molar-refractivity contribution in [3.63, 3.8) is 0 Å². The summed E-state index contributed by atoms with van der Waals surface area (Å²) in [7, 11) is -4.03. The topological polar surface area (TPSA) is 54.4 Å². The first-order chi connectivity index (χ1) is 20.3. The van der Waals surface area contributed by atoms with E-state index in [0.29, 0.717) is 4.88 Å². The molecule has 0 radical (unpaired) electrons. The number of aryl methyl sites for hydroxylation is 1. The van der Waals surface area contributed by atoms with E-state index in [1.165, 1.54) is 65.0 Å². The van der Waals surface area contributed by atoms with Crippen LogP contribution in [0.3, 0.4) is 0 Å². The van der Waals surface area contributed by atoms with Gasteiger partial charge in [-0.3, -0.25) is 4.55 Å². The van der Waals surface area contributed by atoms with Gasteiger partial charge in [0.2, 0.25) is 0 Å². The van der Waals surface area contributed by atoms with Gasteiger partial charge >= 0.3 is 0 Å². The average molecular weight is 699 g/mol. The second kappa shape index (κ2) is 11.7. The van der Waals surface area contributed by atoms with Crippen LogP contribution in [-0.2, 0) is 22.3 Å². The lowest BCUT2D eigenvalue weighted by Crippen LogP contribution is -1.99. The van der Waals surface area contributed by atoms with Crippen LogP contribution in [0.25, 0.3) is 58.5 Å². The maximum absolute atomic E-state index is 11.2. The summed E-state index contributed by atoms with van der Waals surface area (Å²) < 4.78 is 31.6.